The van der Waals surface area contributed by atoms with Crippen LogP contribution in [0.1, 0.15) is 5.56 Å². The summed E-state index contributed by atoms with van der Waals surface area (Å²) in [6.45, 7) is 0. The predicted octanol–water partition coefficient (Wildman–Crippen LogP) is 0.565. The summed E-state index contributed by atoms with van der Waals surface area (Å²) < 4.78 is 29.7. The Hall–Kier alpha value is -1.67. The second-order valence-corrected chi connectivity index (χ2v) is 4.32. The lowest BCUT2D eigenvalue weighted by molar-refractivity contribution is -0.384. The van der Waals surface area contributed by atoms with Crippen LogP contribution in [0.2, 0.25) is 0 Å². The molecule has 0 fully saturated rings. The Kier molecular flexibility index (Phi) is 2.91. The second kappa shape index (κ2) is 3.83. The Bertz CT molecular complexity index is 496. The minimum Gasteiger partial charge on any atom is -0.398 e. The quantitative estimate of drug-likeness (QED) is 0.339. The molecule has 0 aliphatic rings. The lowest BCUT2D eigenvalue weighted by Gasteiger charge is -2.02. The van der Waals surface area contributed by atoms with Gasteiger partial charge >= 0.3 is 0 Å². The van der Waals surface area contributed by atoms with Gasteiger partial charge in [0.2, 0.25) is 0 Å². The molecular weight excluding hydrogens is 224 g/mol. The van der Waals surface area contributed by atoms with Gasteiger partial charge < -0.3 is 5.73 Å². The van der Waals surface area contributed by atoms with Crippen LogP contribution >= 0.6 is 0 Å². The standard InChI is InChI=1S/C7H8N2O5S/c8-7-2-1-6(9(10)11)3-5(7)4-15(12,13)14/h1-3H,4,8H2,(H,12,13,14). The van der Waals surface area contributed by atoms with E-state index >= 15 is 0 Å². The average Bonchev–Trinajstić information content (AvgIpc) is 2.06. The molecule has 0 aromatic heterocycles. The molecule has 0 aliphatic carbocycles. The highest BCUT2D eigenvalue weighted by molar-refractivity contribution is 7.85. The van der Waals surface area contributed by atoms with Gasteiger partial charge in [0.15, 0.2) is 0 Å². The number of rotatable bonds is 3. The van der Waals surface area contributed by atoms with Gasteiger partial charge in [-0.3, -0.25) is 14.7 Å². The van der Waals surface area contributed by atoms with Crippen molar-refractivity contribution in [3.05, 3.63) is 33.9 Å². The van der Waals surface area contributed by atoms with Gasteiger partial charge in [-0.05, 0) is 11.6 Å². The number of non-ortho nitro benzene ring substituents is 1. The van der Waals surface area contributed by atoms with Gasteiger partial charge in [-0.2, -0.15) is 8.42 Å². The molecule has 0 spiro atoms. The van der Waals surface area contributed by atoms with Crippen LogP contribution in [0.25, 0.3) is 0 Å². The summed E-state index contributed by atoms with van der Waals surface area (Å²) >= 11 is 0. The van der Waals surface area contributed by atoms with E-state index in [0.717, 1.165) is 12.1 Å². The Labute approximate surface area is 85.4 Å². The van der Waals surface area contributed by atoms with Crippen LogP contribution in [0.15, 0.2) is 18.2 Å². The monoisotopic (exact) mass is 232 g/mol. The van der Waals surface area contributed by atoms with Crippen molar-refractivity contribution in [2.45, 2.75) is 5.75 Å². The van der Waals surface area contributed by atoms with Crippen LogP contribution in [-0.4, -0.2) is 17.9 Å². The van der Waals surface area contributed by atoms with E-state index in [0.29, 0.717) is 0 Å². The molecule has 3 N–H and O–H groups in total. The zero-order chi connectivity index (χ0) is 11.6. The van der Waals surface area contributed by atoms with Crippen molar-refractivity contribution >= 4 is 21.5 Å². The van der Waals surface area contributed by atoms with E-state index in [1.165, 1.54) is 6.07 Å². The van der Waals surface area contributed by atoms with Crippen molar-refractivity contribution < 1.29 is 17.9 Å². The minimum atomic E-state index is -4.24. The molecule has 0 amide bonds. The minimum absolute atomic E-state index is 0.00620. The first kappa shape index (κ1) is 11.4. The topological polar surface area (TPSA) is 124 Å². The van der Waals surface area contributed by atoms with Crippen LogP contribution in [0.5, 0.6) is 0 Å². The van der Waals surface area contributed by atoms with E-state index in [2.05, 4.69) is 0 Å². The number of nitrogens with zero attached hydrogens (tertiary/aromatic N) is 1. The first-order valence-electron chi connectivity index (χ1n) is 3.77. The van der Waals surface area contributed by atoms with Crippen LogP contribution < -0.4 is 5.73 Å². The van der Waals surface area contributed by atoms with E-state index in [1.54, 1.807) is 0 Å². The molecule has 15 heavy (non-hydrogen) atoms. The Balaban J connectivity index is 3.17. The van der Waals surface area contributed by atoms with Gasteiger partial charge in [-0.15, -0.1) is 0 Å². The summed E-state index contributed by atoms with van der Waals surface area (Å²) in [6, 6.07) is 3.39. The number of hydrogen-bond acceptors (Lipinski definition) is 5. The molecule has 1 aromatic carbocycles. The summed E-state index contributed by atoms with van der Waals surface area (Å²) in [7, 11) is -4.24. The van der Waals surface area contributed by atoms with E-state index in [1.807, 2.05) is 0 Å². The molecule has 0 bridgehead atoms. The van der Waals surface area contributed by atoms with Crippen molar-refractivity contribution in [3.63, 3.8) is 0 Å². The summed E-state index contributed by atoms with van der Waals surface area (Å²) in [5, 5.41) is 10.4. The lowest BCUT2D eigenvalue weighted by Crippen LogP contribution is -2.05. The number of nitro benzene ring substituents is 1. The maximum atomic E-state index is 10.6. The van der Waals surface area contributed by atoms with Crippen LogP contribution in [0.3, 0.4) is 0 Å². The second-order valence-electron chi connectivity index (χ2n) is 2.87. The molecule has 0 atom stereocenters. The number of anilines is 1. The highest BCUT2D eigenvalue weighted by Gasteiger charge is 2.14. The molecule has 1 rings (SSSR count). The predicted molar refractivity (Wildman–Crippen MR) is 52.8 cm³/mol. The van der Waals surface area contributed by atoms with Crippen LogP contribution in [0, 0.1) is 10.1 Å². The molecule has 1 aromatic rings. The lowest BCUT2D eigenvalue weighted by atomic mass is 10.2. The Morgan fingerprint density at radius 2 is 2.07 bits per heavy atom. The van der Waals surface area contributed by atoms with Gasteiger partial charge in [0.25, 0.3) is 15.8 Å². The average molecular weight is 232 g/mol. The fourth-order valence-electron chi connectivity index (χ4n) is 1.03. The van der Waals surface area contributed by atoms with Crippen molar-refractivity contribution in [3.8, 4) is 0 Å². The van der Waals surface area contributed by atoms with Crippen molar-refractivity contribution in [1.82, 2.24) is 0 Å². The third kappa shape index (κ3) is 3.18. The maximum absolute atomic E-state index is 10.6. The van der Waals surface area contributed by atoms with E-state index in [4.69, 9.17) is 10.3 Å². The third-order valence-electron chi connectivity index (χ3n) is 1.68. The summed E-state index contributed by atoms with van der Waals surface area (Å²) in [6.07, 6.45) is 0. The summed E-state index contributed by atoms with van der Waals surface area (Å²) in [5.74, 6) is -0.736. The molecule has 82 valence electrons. The maximum Gasteiger partial charge on any atom is 0.269 e. The number of benzene rings is 1. The molecule has 0 saturated heterocycles. The third-order valence-corrected chi connectivity index (χ3v) is 2.35. The molecule has 8 heteroatoms. The molecule has 0 unspecified atom stereocenters. The SMILES string of the molecule is Nc1ccc([N+](=O)[O-])cc1CS(=O)(=O)O. The first-order chi connectivity index (χ1) is 6.79. The molecule has 0 aliphatic heterocycles. The highest BCUT2D eigenvalue weighted by Crippen LogP contribution is 2.21. The van der Waals surface area contributed by atoms with Crippen molar-refractivity contribution in [1.29, 1.82) is 0 Å². The summed E-state index contributed by atoms with van der Waals surface area (Å²) in [5.41, 5.74) is 5.21. The van der Waals surface area contributed by atoms with Gasteiger partial charge in [0.1, 0.15) is 5.75 Å². The van der Waals surface area contributed by atoms with Gasteiger partial charge in [-0.25, -0.2) is 0 Å². The normalized spacial score (nSPS) is 11.3. The number of hydrogen-bond donors (Lipinski definition) is 2. The van der Waals surface area contributed by atoms with Crippen molar-refractivity contribution in [2.24, 2.45) is 0 Å². The van der Waals surface area contributed by atoms with Gasteiger partial charge in [0.05, 0.1) is 4.92 Å². The molecule has 0 saturated carbocycles. The van der Waals surface area contributed by atoms with Crippen molar-refractivity contribution in [2.75, 3.05) is 5.73 Å². The van der Waals surface area contributed by atoms with Gasteiger partial charge in [-0.1, -0.05) is 0 Å². The molecule has 0 heterocycles. The fraction of sp³-hybridized carbons (Fsp3) is 0.143. The largest absolute Gasteiger partial charge is 0.398 e. The Morgan fingerprint density at radius 3 is 2.53 bits per heavy atom. The fourth-order valence-corrected chi connectivity index (χ4v) is 1.67. The highest BCUT2D eigenvalue weighted by atomic mass is 32.2. The first-order valence-corrected chi connectivity index (χ1v) is 5.38. The van der Waals surface area contributed by atoms with Crippen LogP contribution in [0.4, 0.5) is 11.4 Å². The number of nitrogens with two attached hydrogens (primary N) is 1. The molecule has 0 radical (unpaired) electrons. The molecule has 7 nitrogen and oxygen atoms in total. The van der Waals surface area contributed by atoms with E-state index < -0.39 is 20.8 Å². The summed E-state index contributed by atoms with van der Waals surface area (Å²) in [4.78, 5) is 9.71. The van der Waals surface area contributed by atoms with Gasteiger partial charge in [0, 0.05) is 17.8 Å². The number of nitro groups is 1. The van der Waals surface area contributed by atoms with Crippen LogP contribution in [-0.2, 0) is 15.9 Å². The molecular formula is C7H8N2O5S. The van der Waals surface area contributed by atoms with E-state index in [9.17, 15) is 18.5 Å². The number of nitrogen functional groups attached to an aromatic ring is 1. The zero-order valence-corrected chi connectivity index (χ0v) is 8.27. The van der Waals surface area contributed by atoms with E-state index in [-0.39, 0.29) is 16.9 Å². The Morgan fingerprint density at radius 1 is 1.47 bits per heavy atom. The zero-order valence-electron chi connectivity index (χ0n) is 7.45. The smallest absolute Gasteiger partial charge is 0.269 e.